The molecule has 1 atom stereocenters. The van der Waals surface area contributed by atoms with Crippen molar-refractivity contribution in [3.63, 3.8) is 0 Å². The molecule has 0 radical (unpaired) electrons. The van der Waals surface area contributed by atoms with Crippen LogP contribution in [0, 0.1) is 0 Å². The second kappa shape index (κ2) is 11.4. The molecule has 0 aliphatic heterocycles. The molecule has 0 unspecified atom stereocenters. The lowest BCUT2D eigenvalue weighted by molar-refractivity contribution is -0.143. The maximum Gasteiger partial charge on any atom is 0.261 e. The fourth-order valence-electron chi connectivity index (χ4n) is 2.94. The van der Waals surface area contributed by atoms with Crippen LogP contribution in [0.5, 0.6) is 5.75 Å². The van der Waals surface area contributed by atoms with Gasteiger partial charge in [0.05, 0.1) is 0 Å². The zero-order chi connectivity index (χ0) is 22.3. The summed E-state index contributed by atoms with van der Waals surface area (Å²) in [5, 5.41) is 4.22. The van der Waals surface area contributed by atoms with Crippen molar-refractivity contribution in [2.45, 2.75) is 45.8 Å². The van der Waals surface area contributed by atoms with Crippen molar-refractivity contribution >= 4 is 46.6 Å². The highest BCUT2D eigenvalue weighted by molar-refractivity contribution is 6.36. The van der Waals surface area contributed by atoms with Gasteiger partial charge in [-0.3, -0.25) is 9.59 Å². The fourth-order valence-corrected chi connectivity index (χ4v) is 3.64. The van der Waals surface area contributed by atoms with Crippen molar-refractivity contribution in [3.05, 3.63) is 63.1 Å². The number of benzene rings is 2. The molecule has 0 saturated carbocycles. The molecule has 0 saturated heterocycles. The number of hydrogen-bond donors (Lipinski definition) is 1. The number of hydrogen-bond acceptors (Lipinski definition) is 3. The van der Waals surface area contributed by atoms with E-state index in [0.29, 0.717) is 32.8 Å². The van der Waals surface area contributed by atoms with Crippen LogP contribution in [0.3, 0.4) is 0 Å². The normalized spacial score (nSPS) is 11.8. The minimum atomic E-state index is -0.699. The number of nitrogens with zero attached hydrogens (tertiary/aromatic N) is 1. The second-order valence-electron chi connectivity index (χ2n) is 7.06. The van der Waals surface area contributed by atoms with Gasteiger partial charge in [0.2, 0.25) is 5.91 Å². The minimum Gasteiger partial charge on any atom is -0.484 e. The first-order valence-electron chi connectivity index (χ1n) is 9.64. The Kier molecular flexibility index (Phi) is 9.28. The topological polar surface area (TPSA) is 58.6 Å². The van der Waals surface area contributed by atoms with Gasteiger partial charge in [0.25, 0.3) is 5.91 Å². The average molecular weight is 472 g/mol. The van der Waals surface area contributed by atoms with Crippen LogP contribution in [0.25, 0.3) is 0 Å². The Labute approximate surface area is 192 Å². The lowest BCUT2D eigenvalue weighted by atomic mass is 10.1. The maximum absolute atomic E-state index is 13.1. The van der Waals surface area contributed by atoms with Crippen LogP contribution < -0.4 is 10.1 Å². The molecule has 8 heteroatoms. The summed E-state index contributed by atoms with van der Waals surface area (Å²) in [5.41, 5.74) is 0.577. The van der Waals surface area contributed by atoms with E-state index in [9.17, 15) is 9.59 Å². The molecule has 0 bridgehead atoms. The van der Waals surface area contributed by atoms with Crippen LogP contribution >= 0.6 is 34.8 Å². The van der Waals surface area contributed by atoms with Crippen LogP contribution in [0.15, 0.2) is 42.5 Å². The van der Waals surface area contributed by atoms with Crippen LogP contribution in [0.2, 0.25) is 15.1 Å². The quantitative estimate of drug-likeness (QED) is 0.536. The standard InChI is InChI=1S/C22H25Cl3N2O3/c1-4-20(22(29)26-14(2)3)27(12-17-18(24)9-6-10-19(17)25)21(28)13-30-16-8-5-7-15(23)11-16/h5-11,14,20H,4,12-13H2,1-3H3,(H,26,29)/t20-/m0/s1. The van der Waals surface area contributed by atoms with Gasteiger partial charge >= 0.3 is 0 Å². The molecule has 0 aromatic heterocycles. The van der Waals surface area contributed by atoms with Crippen LogP contribution in [-0.2, 0) is 16.1 Å². The number of carbonyl (C=O) groups excluding carboxylic acids is 2. The highest BCUT2D eigenvalue weighted by atomic mass is 35.5. The first kappa shape index (κ1) is 24.3. The monoisotopic (exact) mass is 470 g/mol. The first-order valence-corrected chi connectivity index (χ1v) is 10.8. The summed E-state index contributed by atoms with van der Waals surface area (Å²) in [7, 11) is 0. The van der Waals surface area contributed by atoms with E-state index in [1.165, 1.54) is 4.90 Å². The fraction of sp³-hybridized carbons (Fsp3) is 0.364. The number of halogens is 3. The summed E-state index contributed by atoms with van der Waals surface area (Å²) < 4.78 is 5.61. The molecule has 0 aliphatic rings. The Hall–Kier alpha value is -1.95. The molecule has 2 aromatic rings. The van der Waals surface area contributed by atoms with Gasteiger partial charge in [-0.1, -0.05) is 53.9 Å². The van der Waals surface area contributed by atoms with E-state index < -0.39 is 6.04 Å². The van der Waals surface area contributed by atoms with Crippen LogP contribution in [0.1, 0.15) is 32.8 Å². The third kappa shape index (κ3) is 6.79. The summed E-state index contributed by atoms with van der Waals surface area (Å²) in [5.74, 6) is -0.144. The molecular formula is C22H25Cl3N2O3. The smallest absolute Gasteiger partial charge is 0.261 e. The Morgan fingerprint density at radius 2 is 1.70 bits per heavy atom. The van der Waals surface area contributed by atoms with E-state index in [1.54, 1.807) is 42.5 Å². The summed E-state index contributed by atoms with van der Waals surface area (Å²) in [6.45, 7) is 5.40. The highest BCUT2D eigenvalue weighted by Gasteiger charge is 2.30. The predicted molar refractivity (Wildman–Crippen MR) is 121 cm³/mol. The largest absolute Gasteiger partial charge is 0.484 e. The second-order valence-corrected chi connectivity index (χ2v) is 8.31. The van der Waals surface area contributed by atoms with Gasteiger partial charge in [-0.05, 0) is 50.6 Å². The molecule has 2 amide bonds. The van der Waals surface area contributed by atoms with Crippen LogP contribution in [-0.4, -0.2) is 35.4 Å². The molecule has 0 aliphatic carbocycles. The van der Waals surface area contributed by atoms with Gasteiger partial charge in [-0.15, -0.1) is 0 Å². The first-order chi connectivity index (χ1) is 14.2. The van der Waals surface area contributed by atoms with E-state index in [2.05, 4.69) is 5.32 Å². The Balaban J connectivity index is 2.28. The molecule has 0 spiro atoms. The Bertz CT molecular complexity index is 869. The number of ether oxygens (including phenoxy) is 1. The average Bonchev–Trinajstić information content (AvgIpc) is 2.67. The van der Waals surface area contributed by atoms with Crippen molar-refractivity contribution < 1.29 is 14.3 Å². The van der Waals surface area contributed by atoms with Crippen molar-refractivity contribution in [3.8, 4) is 5.75 Å². The van der Waals surface area contributed by atoms with Crippen molar-refractivity contribution in [1.29, 1.82) is 0 Å². The predicted octanol–water partition coefficient (Wildman–Crippen LogP) is 5.36. The Morgan fingerprint density at radius 3 is 2.27 bits per heavy atom. The van der Waals surface area contributed by atoms with Gasteiger partial charge in [0.1, 0.15) is 11.8 Å². The zero-order valence-corrected chi connectivity index (χ0v) is 19.4. The number of nitrogens with one attached hydrogen (secondary N) is 1. The van der Waals surface area contributed by atoms with E-state index in [-0.39, 0.29) is 31.0 Å². The lowest BCUT2D eigenvalue weighted by Crippen LogP contribution is -2.51. The van der Waals surface area contributed by atoms with Crippen molar-refractivity contribution in [2.75, 3.05) is 6.61 Å². The molecule has 162 valence electrons. The molecule has 0 heterocycles. The molecule has 2 rings (SSSR count). The molecular weight excluding hydrogens is 447 g/mol. The zero-order valence-electron chi connectivity index (χ0n) is 17.1. The maximum atomic E-state index is 13.1. The van der Waals surface area contributed by atoms with Gasteiger partial charge in [0, 0.05) is 33.2 Å². The van der Waals surface area contributed by atoms with Crippen molar-refractivity contribution in [2.24, 2.45) is 0 Å². The van der Waals surface area contributed by atoms with E-state index in [0.717, 1.165) is 0 Å². The van der Waals surface area contributed by atoms with E-state index >= 15 is 0 Å². The third-order valence-corrected chi connectivity index (χ3v) is 5.31. The minimum absolute atomic E-state index is 0.0601. The number of carbonyl (C=O) groups is 2. The number of rotatable bonds is 9. The van der Waals surface area contributed by atoms with Gasteiger partial charge < -0.3 is 15.0 Å². The van der Waals surface area contributed by atoms with Gasteiger partial charge in [0.15, 0.2) is 6.61 Å². The Morgan fingerprint density at radius 1 is 1.07 bits per heavy atom. The van der Waals surface area contributed by atoms with Crippen molar-refractivity contribution in [1.82, 2.24) is 10.2 Å². The number of amides is 2. The molecule has 2 aromatic carbocycles. The van der Waals surface area contributed by atoms with Gasteiger partial charge in [-0.2, -0.15) is 0 Å². The van der Waals surface area contributed by atoms with E-state index in [1.807, 2.05) is 20.8 Å². The molecule has 1 N–H and O–H groups in total. The third-order valence-electron chi connectivity index (χ3n) is 4.37. The molecule has 0 fully saturated rings. The SMILES string of the molecule is CC[C@@H](C(=O)NC(C)C)N(Cc1c(Cl)cccc1Cl)C(=O)COc1cccc(Cl)c1. The van der Waals surface area contributed by atoms with Gasteiger partial charge in [-0.25, -0.2) is 0 Å². The van der Waals surface area contributed by atoms with E-state index in [4.69, 9.17) is 39.5 Å². The van der Waals surface area contributed by atoms with Crippen LogP contribution in [0.4, 0.5) is 0 Å². The lowest BCUT2D eigenvalue weighted by Gasteiger charge is -2.31. The summed E-state index contributed by atoms with van der Waals surface area (Å²) in [6, 6.07) is 11.1. The molecule has 5 nitrogen and oxygen atoms in total. The summed E-state index contributed by atoms with van der Waals surface area (Å²) in [6.07, 6.45) is 0.420. The summed E-state index contributed by atoms with van der Waals surface area (Å²) in [4.78, 5) is 27.4. The molecule has 30 heavy (non-hydrogen) atoms. The summed E-state index contributed by atoms with van der Waals surface area (Å²) >= 11 is 18.6. The highest BCUT2D eigenvalue weighted by Crippen LogP contribution is 2.27.